The monoisotopic (exact) mass is 395 g/mol. The van der Waals surface area contributed by atoms with Crippen molar-refractivity contribution >= 4 is 5.69 Å². The Bertz CT molecular complexity index is 1180. The Morgan fingerprint density at radius 2 is 1.73 bits per heavy atom. The molecule has 6 nitrogen and oxygen atoms in total. The first-order valence-electron chi connectivity index (χ1n) is 9.73. The van der Waals surface area contributed by atoms with E-state index in [1.54, 1.807) is 6.20 Å². The van der Waals surface area contributed by atoms with Gasteiger partial charge in [0, 0.05) is 54.7 Å². The Morgan fingerprint density at radius 3 is 2.53 bits per heavy atom. The van der Waals surface area contributed by atoms with E-state index in [2.05, 4.69) is 50.3 Å². The van der Waals surface area contributed by atoms with E-state index in [4.69, 9.17) is 4.74 Å². The van der Waals surface area contributed by atoms with Gasteiger partial charge in [-0.2, -0.15) is 0 Å². The number of pyridine rings is 1. The van der Waals surface area contributed by atoms with Crippen molar-refractivity contribution in [2.75, 3.05) is 18.6 Å². The summed E-state index contributed by atoms with van der Waals surface area (Å²) in [4.78, 5) is 16.4. The molecule has 0 atom stereocenters. The van der Waals surface area contributed by atoms with Crippen LogP contribution in [0, 0.1) is 0 Å². The maximum absolute atomic E-state index is 6.14. The van der Waals surface area contributed by atoms with Gasteiger partial charge in [-0.1, -0.05) is 18.2 Å². The number of anilines is 1. The molecule has 0 unspecified atom stereocenters. The van der Waals surface area contributed by atoms with Crippen molar-refractivity contribution in [1.82, 2.24) is 19.9 Å². The van der Waals surface area contributed by atoms with Gasteiger partial charge in [0.2, 0.25) is 0 Å². The quantitative estimate of drug-likeness (QED) is 0.509. The third-order valence-electron chi connectivity index (χ3n) is 4.92. The highest BCUT2D eigenvalue weighted by molar-refractivity contribution is 5.65. The number of hydrogen-bond acceptors (Lipinski definition) is 5. The van der Waals surface area contributed by atoms with Crippen LogP contribution in [0.3, 0.4) is 0 Å². The molecule has 6 heteroatoms. The van der Waals surface area contributed by atoms with Gasteiger partial charge in [0.15, 0.2) is 0 Å². The van der Waals surface area contributed by atoms with Crippen molar-refractivity contribution in [2.45, 2.75) is 0 Å². The number of nitrogens with one attached hydrogen (secondary N) is 1. The molecule has 1 aliphatic rings. The summed E-state index contributed by atoms with van der Waals surface area (Å²) in [7, 11) is 2.05. The van der Waals surface area contributed by atoms with Crippen LogP contribution in [0.1, 0.15) is 0 Å². The molecule has 1 N–H and O–H groups in total. The fraction of sp³-hybridized carbons (Fsp3) is 0.0833. The summed E-state index contributed by atoms with van der Waals surface area (Å²) < 4.78 is 6.14. The Labute approximate surface area is 175 Å². The zero-order valence-electron chi connectivity index (χ0n) is 16.6. The summed E-state index contributed by atoms with van der Waals surface area (Å²) >= 11 is 0. The van der Waals surface area contributed by atoms with Crippen LogP contribution in [0.4, 0.5) is 5.69 Å². The van der Waals surface area contributed by atoms with Crippen LogP contribution in [-0.2, 0) is 0 Å². The minimum atomic E-state index is 0.762. The van der Waals surface area contributed by atoms with Crippen LogP contribution in [0.25, 0.3) is 22.6 Å². The highest BCUT2D eigenvalue weighted by atomic mass is 16.5. The van der Waals surface area contributed by atoms with Crippen LogP contribution in [0.2, 0.25) is 0 Å². The molecule has 148 valence electrons. The zero-order chi connectivity index (χ0) is 20.3. The third-order valence-corrected chi connectivity index (χ3v) is 4.92. The molecular formula is C24H21N5O. The van der Waals surface area contributed by atoms with E-state index in [9.17, 15) is 0 Å². The number of benzene rings is 2. The number of ether oxygens (including phenoxy) is 1. The van der Waals surface area contributed by atoms with E-state index >= 15 is 0 Å². The standard InChI is InChI=1S/C24H21N5O/c1-28-11-12-29(17-28)20-7-3-9-22(14-20)30-21-8-2-5-18(13-21)24-26-16-23(27-24)19-6-4-10-25-15-19/h2-16H,17H2,1H3,(H,26,27). The number of hydrogen-bond donors (Lipinski definition) is 1. The number of H-pyrrole nitrogens is 1. The van der Waals surface area contributed by atoms with Crippen LogP contribution >= 0.6 is 0 Å². The molecule has 0 bridgehead atoms. The van der Waals surface area contributed by atoms with Crippen molar-refractivity contribution in [1.29, 1.82) is 0 Å². The van der Waals surface area contributed by atoms with Crippen molar-refractivity contribution < 1.29 is 4.74 Å². The molecule has 0 spiro atoms. The van der Waals surface area contributed by atoms with Gasteiger partial charge in [-0.05, 0) is 36.4 Å². The number of aromatic nitrogens is 3. The lowest BCUT2D eigenvalue weighted by Crippen LogP contribution is -2.21. The van der Waals surface area contributed by atoms with Crippen molar-refractivity contribution in [3.63, 3.8) is 0 Å². The summed E-state index contributed by atoms with van der Waals surface area (Å²) in [5.41, 5.74) is 3.99. The van der Waals surface area contributed by atoms with Gasteiger partial charge in [0.05, 0.1) is 18.6 Å². The number of aromatic amines is 1. The summed E-state index contributed by atoms with van der Waals surface area (Å²) in [6, 6.07) is 19.9. The van der Waals surface area contributed by atoms with E-state index < -0.39 is 0 Å². The lowest BCUT2D eigenvalue weighted by Gasteiger charge is -2.19. The summed E-state index contributed by atoms with van der Waals surface area (Å²) in [5, 5.41) is 0. The second-order valence-electron chi connectivity index (χ2n) is 7.18. The normalized spacial score (nSPS) is 13.1. The Kier molecular flexibility index (Phi) is 4.65. The van der Waals surface area contributed by atoms with Crippen molar-refractivity contribution in [3.05, 3.63) is 91.7 Å². The Hall–Kier alpha value is -4.06. The van der Waals surface area contributed by atoms with E-state index in [1.165, 1.54) is 0 Å². The maximum atomic E-state index is 6.14. The average Bonchev–Trinajstić information content (AvgIpc) is 3.44. The average molecular weight is 395 g/mol. The molecule has 2 aromatic carbocycles. The largest absolute Gasteiger partial charge is 0.457 e. The molecule has 2 aromatic heterocycles. The summed E-state index contributed by atoms with van der Waals surface area (Å²) in [6.45, 7) is 0.830. The zero-order valence-corrected chi connectivity index (χ0v) is 16.6. The van der Waals surface area contributed by atoms with Crippen LogP contribution in [-0.4, -0.2) is 33.6 Å². The topological polar surface area (TPSA) is 57.3 Å². The van der Waals surface area contributed by atoms with Crippen molar-refractivity contribution in [2.24, 2.45) is 0 Å². The van der Waals surface area contributed by atoms with Gasteiger partial charge in [-0.25, -0.2) is 4.98 Å². The highest BCUT2D eigenvalue weighted by Crippen LogP contribution is 2.30. The fourth-order valence-electron chi connectivity index (χ4n) is 3.40. The van der Waals surface area contributed by atoms with E-state index in [-0.39, 0.29) is 0 Å². The van der Waals surface area contributed by atoms with Crippen molar-refractivity contribution in [3.8, 4) is 34.1 Å². The van der Waals surface area contributed by atoms with E-state index in [0.29, 0.717) is 0 Å². The fourth-order valence-corrected chi connectivity index (χ4v) is 3.40. The lowest BCUT2D eigenvalue weighted by atomic mass is 10.2. The minimum Gasteiger partial charge on any atom is -0.457 e. The van der Waals surface area contributed by atoms with Gasteiger partial charge >= 0.3 is 0 Å². The molecule has 0 radical (unpaired) electrons. The first-order chi connectivity index (χ1) is 14.7. The summed E-state index contributed by atoms with van der Waals surface area (Å²) in [6.07, 6.45) is 9.52. The Balaban J connectivity index is 1.36. The van der Waals surface area contributed by atoms with Gasteiger partial charge in [-0.3, -0.25) is 4.98 Å². The predicted molar refractivity (Wildman–Crippen MR) is 118 cm³/mol. The van der Waals surface area contributed by atoms with Crippen LogP contribution < -0.4 is 9.64 Å². The molecule has 3 heterocycles. The Morgan fingerprint density at radius 1 is 0.900 bits per heavy atom. The number of imidazole rings is 1. The lowest BCUT2D eigenvalue weighted by molar-refractivity contribution is 0.481. The van der Waals surface area contributed by atoms with Crippen LogP contribution in [0.5, 0.6) is 11.5 Å². The summed E-state index contributed by atoms with van der Waals surface area (Å²) in [5.74, 6) is 2.35. The maximum Gasteiger partial charge on any atom is 0.137 e. The highest BCUT2D eigenvalue weighted by Gasteiger charge is 2.12. The van der Waals surface area contributed by atoms with E-state index in [0.717, 1.165) is 46.5 Å². The number of rotatable bonds is 5. The van der Waals surface area contributed by atoms with Gasteiger partial charge in [0.25, 0.3) is 0 Å². The third kappa shape index (κ3) is 3.75. The number of nitrogens with zero attached hydrogens (tertiary/aromatic N) is 4. The molecule has 0 aliphatic carbocycles. The van der Waals surface area contributed by atoms with E-state index in [1.807, 2.05) is 67.0 Å². The molecule has 1 aliphatic heterocycles. The SMILES string of the molecule is CN1C=CN(c2cccc(Oc3cccc(-c4ncc(-c5cccnc5)[nH]4)c3)c2)C1. The molecule has 5 rings (SSSR count). The second-order valence-corrected chi connectivity index (χ2v) is 7.18. The smallest absolute Gasteiger partial charge is 0.137 e. The minimum absolute atomic E-state index is 0.762. The molecule has 4 aromatic rings. The molecule has 30 heavy (non-hydrogen) atoms. The van der Waals surface area contributed by atoms with Crippen LogP contribution in [0.15, 0.2) is 91.7 Å². The van der Waals surface area contributed by atoms with Gasteiger partial charge in [0.1, 0.15) is 17.3 Å². The molecule has 0 fully saturated rings. The molecule has 0 amide bonds. The first-order valence-corrected chi connectivity index (χ1v) is 9.73. The predicted octanol–water partition coefficient (Wildman–Crippen LogP) is 5.11. The molecule has 0 saturated carbocycles. The second kappa shape index (κ2) is 7.75. The first kappa shape index (κ1) is 18.0. The van der Waals surface area contributed by atoms with Gasteiger partial charge in [-0.15, -0.1) is 0 Å². The van der Waals surface area contributed by atoms with Gasteiger partial charge < -0.3 is 19.5 Å². The molecular weight excluding hydrogens is 374 g/mol. The molecule has 0 saturated heterocycles.